The van der Waals surface area contributed by atoms with E-state index in [1.807, 2.05) is 54.6 Å². The highest BCUT2D eigenvalue weighted by molar-refractivity contribution is 6.32. The van der Waals surface area contributed by atoms with Crippen molar-refractivity contribution in [3.8, 4) is 5.75 Å². The maximum absolute atomic E-state index is 6.42. The molecule has 4 rings (SSSR count). The second-order valence-electron chi connectivity index (χ2n) is 6.32. The van der Waals surface area contributed by atoms with Crippen LogP contribution in [0.3, 0.4) is 0 Å². The minimum Gasteiger partial charge on any atom is -0.487 e. The summed E-state index contributed by atoms with van der Waals surface area (Å²) in [4.78, 5) is 0. The number of hydrogen-bond donors (Lipinski definition) is 1. The van der Waals surface area contributed by atoms with Crippen LogP contribution in [0.2, 0.25) is 5.02 Å². The first-order chi connectivity index (χ1) is 13.2. The SMILES string of the molecule is Cc1cccc(COc2ccc(Nc3cnnc4ccccc34)cc2Cl)c1. The summed E-state index contributed by atoms with van der Waals surface area (Å²) in [5.41, 5.74) is 4.90. The fourth-order valence-corrected chi connectivity index (χ4v) is 3.16. The number of ether oxygens (including phenoxy) is 1. The van der Waals surface area contributed by atoms with Crippen LogP contribution in [0.5, 0.6) is 5.75 Å². The van der Waals surface area contributed by atoms with Crippen molar-refractivity contribution >= 4 is 33.9 Å². The van der Waals surface area contributed by atoms with Gasteiger partial charge in [-0.15, -0.1) is 0 Å². The van der Waals surface area contributed by atoms with E-state index in [1.54, 1.807) is 6.20 Å². The molecular formula is C22H18ClN3O. The lowest BCUT2D eigenvalue weighted by Crippen LogP contribution is -1.98. The van der Waals surface area contributed by atoms with Crippen LogP contribution in [0, 0.1) is 6.92 Å². The van der Waals surface area contributed by atoms with Crippen LogP contribution in [-0.4, -0.2) is 10.2 Å². The van der Waals surface area contributed by atoms with Gasteiger partial charge in [0.1, 0.15) is 12.4 Å². The number of benzene rings is 3. The third kappa shape index (κ3) is 4.01. The Kier molecular flexibility index (Phi) is 4.90. The van der Waals surface area contributed by atoms with E-state index in [-0.39, 0.29) is 0 Å². The van der Waals surface area contributed by atoms with E-state index in [0.717, 1.165) is 27.8 Å². The molecule has 0 fully saturated rings. The summed E-state index contributed by atoms with van der Waals surface area (Å²) in [5.74, 6) is 0.654. The molecule has 5 heteroatoms. The fourth-order valence-electron chi connectivity index (χ4n) is 2.92. The maximum atomic E-state index is 6.42. The molecule has 0 bridgehead atoms. The molecule has 0 unspecified atom stereocenters. The summed E-state index contributed by atoms with van der Waals surface area (Å²) < 4.78 is 5.87. The van der Waals surface area contributed by atoms with E-state index in [1.165, 1.54) is 5.56 Å². The van der Waals surface area contributed by atoms with Gasteiger partial charge < -0.3 is 10.1 Å². The van der Waals surface area contributed by atoms with Crippen molar-refractivity contribution < 1.29 is 4.74 Å². The Bertz CT molecular complexity index is 1090. The zero-order valence-electron chi connectivity index (χ0n) is 14.8. The molecule has 0 aliphatic heterocycles. The minimum atomic E-state index is 0.479. The predicted octanol–water partition coefficient (Wildman–Crippen LogP) is 5.91. The number of rotatable bonds is 5. The Morgan fingerprint density at radius 1 is 1.00 bits per heavy atom. The van der Waals surface area contributed by atoms with Crippen LogP contribution in [0.15, 0.2) is 72.9 Å². The molecule has 0 radical (unpaired) electrons. The molecule has 0 amide bonds. The van der Waals surface area contributed by atoms with Gasteiger partial charge in [-0.3, -0.25) is 0 Å². The number of nitrogens with zero attached hydrogens (tertiary/aromatic N) is 2. The zero-order chi connectivity index (χ0) is 18.6. The van der Waals surface area contributed by atoms with Crippen LogP contribution in [0.25, 0.3) is 10.9 Å². The van der Waals surface area contributed by atoms with Gasteiger partial charge in [0.15, 0.2) is 0 Å². The van der Waals surface area contributed by atoms with Crippen molar-refractivity contribution in [2.75, 3.05) is 5.32 Å². The molecule has 0 saturated carbocycles. The lowest BCUT2D eigenvalue weighted by molar-refractivity contribution is 0.306. The lowest BCUT2D eigenvalue weighted by Gasteiger charge is -2.12. The van der Waals surface area contributed by atoms with E-state index in [4.69, 9.17) is 16.3 Å². The van der Waals surface area contributed by atoms with Crippen molar-refractivity contribution in [1.82, 2.24) is 10.2 Å². The Hall–Kier alpha value is -3.11. The van der Waals surface area contributed by atoms with Crippen molar-refractivity contribution in [3.63, 3.8) is 0 Å². The molecule has 0 saturated heterocycles. The predicted molar refractivity (Wildman–Crippen MR) is 110 cm³/mol. The average molecular weight is 376 g/mol. The van der Waals surface area contributed by atoms with Gasteiger partial charge in [-0.1, -0.05) is 59.6 Å². The molecule has 4 aromatic rings. The molecular weight excluding hydrogens is 358 g/mol. The molecule has 0 spiro atoms. The second-order valence-corrected chi connectivity index (χ2v) is 6.73. The molecule has 3 aromatic carbocycles. The number of halogens is 1. The number of hydrogen-bond acceptors (Lipinski definition) is 4. The fraction of sp³-hybridized carbons (Fsp3) is 0.0909. The van der Waals surface area contributed by atoms with E-state index >= 15 is 0 Å². The molecule has 134 valence electrons. The van der Waals surface area contributed by atoms with Crippen LogP contribution in [0.1, 0.15) is 11.1 Å². The number of anilines is 2. The number of fused-ring (bicyclic) bond motifs is 1. The van der Waals surface area contributed by atoms with E-state index in [2.05, 4.69) is 34.6 Å². The maximum Gasteiger partial charge on any atom is 0.138 e. The van der Waals surface area contributed by atoms with Crippen LogP contribution >= 0.6 is 11.6 Å². The highest BCUT2D eigenvalue weighted by Crippen LogP contribution is 2.31. The van der Waals surface area contributed by atoms with Crippen molar-refractivity contribution in [2.45, 2.75) is 13.5 Å². The Balaban J connectivity index is 1.51. The largest absolute Gasteiger partial charge is 0.487 e. The van der Waals surface area contributed by atoms with E-state index < -0.39 is 0 Å². The molecule has 1 heterocycles. The van der Waals surface area contributed by atoms with Crippen LogP contribution in [-0.2, 0) is 6.61 Å². The monoisotopic (exact) mass is 375 g/mol. The summed E-state index contributed by atoms with van der Waals surface area (Å²) in [5, 5.41) is 13.1. The van der Waals surface area contributed by atoms with E-state index in [0.29, 0.717) is 17.4 Å². The third-order valence-electron chi connectivity index (χ3n) is 4.23. The van der Waals surface area contributed by atoms with Gasteiger partial charge in [0.2, 0.25) is 0 Å². The van der Waals surface area contributed by atoms with E-state index in [9.17, 15) is 0 Å². The number of aryl methyl sites for hydroxylation is 1. The van der Waals surface area contributed by atoms with Gasteiger partial charge >= 0.3 is 0 Å². The topological polar surface area (TPSA) is 47.0 Å². The summed E-state index contributed by atoms with van der Waals surface area (Å²) in [6, 6.07) is 21.7. The van der Waals surface area contributed by atoms with Crippen LogP contribution in [0.4, 0.5) is 11.4 Å². The Morgan fingerprint density at radius 3 is 2.74 bits per heavy atom. The Morgan fingerprint density at radius 2 is 1.89 bits per heavy atom. The molecule has 4 nitrogen and oxygen atoms in total. The molecule has 27 heavy (non-hydrogen) atoms. The average Bonchev–Trinajstić information content (AvgIpc) is 2.68. The van der Waals surface area contributed by atoms with Crippen molar-refractivity contribution in [2.24, 2.45) is 0 Å². The molecule has 0 aliphatic rings. The summed E-state index contributed by atoms with van der Waals surface area (Å²) >= 11 is 6.42. The zero-order valence-corrected chi connectivity index (χ0v) is 15.6. The first kappa shape index (κ1) is 17.3. The smallest absolute Gasteiger partial charge is 0.138 e. The summed E-state index contributed by atoms with van der Waals surface area (Å²) in [6.07, 6.45) is 1.71. The molecule has 1 N–H and O–H groups in total. The van der Waals surface area contributed by atoms with Gasteiger partial charge in [-0.05, 0) is 36.8 Å². The van der Waals surface area contributed by atoms with Gasteiger partial charge in [0.25, 0.3) is 0 Å². The quantitative estimate of drug-likeness (QED) is 0.470. The van der Waals surface area contributed by atoms with Crippen molar-refractivity contribution in [1.29, 1.82) is 0 Å². The normalized spacial score (nSPS) is 10.7. The number of nitrogens with one attached hydrogen (secondary N) is 1. The molecule has 0 atom stereocenters. The van der Waals surface area contributed by atoms with Crippen LogP contribution < -0.4 is 10.1 Å². The first-order valence-electron chi connectivity index (χ1n) is 8.64. The van der Waals surface area contributed by atoms with Gasteiger partial charge in [-0.2, -0.15) is 10.2 Å². The highest BCUT2D eigenvalue weighted by Gasteiger charge is 2.07. The molecule has 0 aliphatic carbocycles. The summed E-state index contributed by atoms with van der Waals surface area (Å²) in [7, 11) is 0. The van der Waals surface area contributed by atoms with Gasteiger partial charge in [0, 0.05) is 11.1 Å². The first-order valence-corrected chi connectivity index (χ1v) is 9.02. The Labute approximate surface area is 162 Å². The van der Waals surface area contributed by atoms with Gasteiger partial charge in [-0.25, -0.2) is 0 Å². The third-order valence-corrected chi connectivity index (χ3v) is 4.53. The summed E-state index contributed by atoms with van der Waals surface area (Å²) in [6.45, 7) is 2.54. The molecule has 1 aromatic heterocycles. The second kappa shape index (κ2) is 7.64. The van der Waals surface area contributed by atoms with Crippen molar-refractivity contribution in [3.05, 3.63) is 89.1 Å². The number of aromatic nitrogens is 2. The minimum absolute atomic E-state index is 0.479. The standard InChI is InChI=1S/C22H18ClN3O/c1-15-5-4-6-16(11-15)14-27-22-10-9-17(12-19(22)23)25-21-13-24-26-20-8-3-2-7-18(20)21/h2-13H,14H2,1H3,(H,25,26). The highest BCUT2D eigenvalue weighted by atomic mass is 35.5. The lowest BCUT2D eigenvalue weighted by atomic mass is 10.1. The van der Waals surface area contributed by atoms with Gasteiger partial charge in [0.05, 0.1) is 22.4 Å².